The van der Waals surface area contributed by atoms with E-state index in [-0.39, 0.29) is 5.91 Å². The Morgan fingerprint density at radius 1 is 1.08 bits per heavy atom. The second-order valence-corrected chi connectivity index (χ2v) is 5.04. The van der Waals surface area contributed by atoms with Gasteiger partial charge in [-0.05, 0) is 31.5 Å². The number of diazo groups is 1. The Kier molecular flexibility index (Phi) is 5.74. The van der Waals surface area contributed by atoms with E-state index in [4.69, 9.17) is 14.9 Å². The molecule has 24 heavy (non-hydrogen) atoms. The Labute approximate surface area is 141 Å². The first-order valence-electron chi connectivity index (χ1n) is 7.75. The predicted octanol–water partition coefficient (Wildman–Crippen LogP) is 4.59. The van der Waals surface area contributed by atoms with Crippen LogP contribution in [0.15, 0.2) is 36.4 Å². The number of benzene rings is 2. The van der Waals surface area contributed by atoms with Crippen molar-refractivity contribution in [1.29, 1.82) is 5.39 Å². The number of hydrogen-bond donors (Lipinski definition) is 1. The lowest BCUT2D eigenvalue weighted by molar-refractivity contribution is -0.114. The van der Waals surface area contributed by atoms with Gasteiger partial charge in [0.2, 0.25) is 17.0 Å². The summed E-state index contributed by atoms with van der Waals surface area (Å²) in [6.07, 6.45) is 0. The van der Waals surface area contributed by atoms with Crippen molar-refractivity contribution in [2.45, 2.75) is 20.8 Å². The fraction of sp³-hybridized carbons (Fsp3) is 0.278. The summed E-state index contributed by atoms with van der Waals surface area (Å²) in [7, 11) is 0. The van der Waals surface area contributed by atoms with Crippen LogP contribution in [0.1, 0.15) is 20.8 Å². The van der Waals surface area contributed by atoms with Crippen LogP contribution in [0.4, 0.5) is 11.4 Å². The third-order valence-electron chi connectivity index (χ3n) is 3.28. The first-order chi connectivity index (χ1) is 11.6. The van der Waals surface area contributed by atoms with Gasteiger partial charge in [0.1, 0.15) is 5.75 Å². The Morgan fingerprint density at radius 2 is 1.71 bits per heavy atom. The molecule has 0 fully saturated rings. The van der Waals surface area contributed by atoms with Crippen molar-refractivity contribution in [3.8, 4) is 22.6 Å². The number of nitrogens with zero attached hydrogens (tertiary/aromatic N) is 2. The number of carbonyl (C=O) groups is 1. The van der Waals surface area contributed by atoms with Gasteiger partial charge in [-0.25, -0.2) is 0 Å². The molecule has 0 saturated carbocycles. The van der Waals surface area contributed by atoms with Gasteiger partial charge in [0.05, 0.1) is 19.3 Å². The highest BCUT2D eigenvalue weighted by molar-refractivity contribution is 5.89. The molecule has 0 aliphatic heterocycles. The molecule has 0 spiro atoms. The third kappa shape index (κ3) is 4.02. The van der Waals surface area contributed by atoms with E-state index in [0.717, 1.165) is 16.8 Å². The van der Waals surface area contributed by atoms with Crippen molar-refractivity contribution >= 4 is 17.3 Å². The van der Waals surface area contributed by atoms with E-state index in [9.17, 15) is 4.79 Å². The quantitative estimate of drug-likeness (QED) is 0.787. The molecule has 1 N–H and O–H groups in total. The van der Waals surface area contributed by atoms with Crippen molar-refractivity contribution in [3.63, 3.8) is 0 Å². The van der Waals surface area contributed by atoms with Gasteiger partial charge < -0.3 is 14.8 Å². The summed E-state index contributed by atoms with van der Waals surface area (Å²) in [5.41, 5.74) is 2.76. The SMILES string of the molecule is CCOc1cc(-c2ccc(NC(C)=O)cc2)c(OCC)cc1[N+]#N. The molecule has 0 aliphatic rings. The zero-order chi connectivity index (χ0) is 17.5. The van der Waals surface area contributed by atoms with E-state index in [1.54, 1.807) is 12.1 Å². The molecule has 0 aliphatic carbocycles. The fourth-order valence-corrected chi connectivity index (χ4v) is 2.34. The molecule has 0 radical (unpaired) electrons. The summed E-state index contributed by atoms with van der Waals surface area (Å²) in [5.74, 6) is 0.954. The normalized spacial score (nSPS) is 9.92. The zero-order valence-electron chi connectivity index (χ0n) is 14.0. The van der Waals surface area contributed by atoms with Crippen LogP contribution in [0.3, 0.4) is 0 Å². The number of amides is 1. The molecule has 0 bridgehead atoms. The summed E-state index contributed by atoms with van der Waals surface area (Å²) >= 11 is 0. The van der Waals surface area contributed by atoms with Gasteiger partial charge in [-0.15, -0.1) is 0 Å². The molecule has 0 unspecified atom stereocenters. The van der Waals surface area contributed by atoms with Gasteiger partial charge in [0, 0.05) is 24.2 Å². The molecule has 0 saturated heterocycles. The highest BCUT2D eigenvalue weighted by Crippen LogP contribution is 2.40. The van der Waals surface area contributed by atoms with E-state index in [2.05, 4.69) is 10.3 Å². The van der Waals surface area contributed by atoms with Gasteiger partial charge >= 0.3 is 5.69 Å². The van der Waals surface area contributed by atoms with E-state index < -0.39 is 0 Å². The number of rotatable bonds is 6. The number of ether oxygens (including phenoxy) is 2. The standard InChI is InChI=1S/C18H19N3O3/c1-4-23-17-11-16(21-19)18(24-5-2)10-15(17)13-6-8-14(9-7-13)20-12(3)22/h6-11H,4-5H2,1-3H3/p+1. The first kappa shape index (κ1) is 17.3. The maximum Gasteiger partial charge on any atom is 0.430 e. The van der Waals surface area contributed by atoms with E-state index in [1.807, 2.05) is 38.1 Å². The molecule has 0 aromatic heterocycles. The lowest BCUT2D eigenvalue weighted by Crippen LogP contribution is -2.05. The maximum absolute atomic E-state index is 11.1. The molecule has 2 aromatic carbocycles. The average molecular weight is 326 g/mol. The van der Waals surface area contributed by atoms with E-state index in [1.165, 1.54) is 6.92 Å². The smallest absolute Gasteiger partial charge is 0.430 e. The van der Waals surface area contributed by atoms with Crippen molar-refractivity contribution in [3.05, 3.63) is 41.4 Å². The predicted molar refractivity (Wildman–Crippen MR) is 93.3 cm³/mol. The van der Waals surface area contributed by atoms with Gasteiger partial charge in [-0.2, -0.15) is 0 Å². The first-order valence-corrected chi connectivity index (χ1v) is 7.75. The minimum Gasteiger partial charge on any atom is -0.493 e. The summed E-state index contributed by atoms with van der Waals surface area (Å²) in [6, 6.07) is 10.8. The highest BCUT2D eigenvalue weighted by Gasteiger charge is 2.21. The Morgan fingerprint density at radius 3 is 2.25 bits per heavy atom. The minimum atomic E-state index is -0.120. The van der Waals surface area contributed by atoms with Crippen LogP contribution >= 0.6 is 0 Å². The minimum absolute atomic E-state index is 0.120. The third-order valence-corrected chi connectivity index (χ3v) is 3.28. The van der Waals surface area contributed by atoms with Gasteiger partial charge in [0.25, 0.3) is 0 Å². The Bertz CT molecular complexity index is 764. The molecule has 6 heteroatoms. The number of hydrogen-bond acceptors (Lipinski definition) is 4. The lowest BCUT2D eigenvalue weighted by atomic mass is 10.0. The van der Waals surface area contributed by atoms with Gasteiger partial charge in [-0.1, -0.05) is 12.1 Å². The Balaban J connectivity index is 2.48. The zero-order valence-corrected chi connectivity index (χ0v) is 14.0. The maximum atomic E-state index is 11.1. The number of anilines is 1. The molecule has 0 atom stereocenters. The topological polar surface area (TPSA) is 75.7 Å². The molecule has 0 heterocycles. The molecule has 6 nitrogen and oxygen atoms in total. The van der Waals surface area contributed by atoms with Crippen LogP contribution < -0.4 is 14.8 Å². The molecule has 2 rings (SSSR count). The van der Waals surface area contributed by atoms with Gasteiger partial charge in [0.15, 0.2) is 4.98 Å². The monoisotopic (exact) mass is 326 g/mol. The highest BCUT2D eigenvalue weighted by atomic mass is 16.5. The second kappa shape index (κ2) is 7.97. The average Bonchev–Trinajstić information content (AvgIpc) is 2.56. The van der Waals surface area contributed by atoms with Crippen LogP contribution in [0.5, 0.6) is 11.5 Å². The second-order valence-electron chi connectivity index (χ2n) is 5.04. The molecule has 1 amide bonds. The summed E-state index contributed by atoms with van der Waals surface area (Å²) < 4.78 is 11.2. The fourth-order valence-electron chi connectivity index (χ4n) is 2.34. The largest absolute Gasteiger partial charge is 0.493 e. The van der Waals surface area contributed by atoms with Gasteiger partial charge in [-0.3, -0.25) is 4.79 Å². The number of nitrogens with one attached hydrogen (secondary N) is 1. The summed E-state index contributed by atoms with van der Waals surface area (Å²) in [4.78, 5) is 14.4. The van der Waals surface area contributed by atoms with Crippen LogP contribution in [0.2, 0.25) is 0 Å². The van der Waals surface area contributed by atoms with Crippen LogP contribution in [0, 0.1) is 5.39 Å². The molecular formula is C18H20N3O3+. The van der Waals surface area contributed by atoms with Crippen molar-refractivity contribution < 1.29 is 14.3 Å². The number of carbonyl (C=O) groups excluding carboxylic acids is 1. The van der Waals surface area contributed by atoms with Crippen molar-refractivity contribution in [1.82, 2.24) is 0 Å². The van der Waals surface area contributed by atoms with Crippen LogP contribution in [-0.2, 0) is 4.79 Å². The molecular weight excluding hydrogens is 306 g/mol. The lowest BCUT2D eigenvalue weighted by Gasteiger charge is -2.12. The van der Waals surface area contributed by atoms with Crippen molar-refractivity contribution in [2.24, 2.45) is 0 Å². The Hall–Kier alpha value is -3.07. The van der Waals surface area contributed by atoms with E-state index >= 15 is 0 Å². The van der Waals surface area contributed by atoms with E-state index in [0.29, 0.717) is 30.4 Å². The summed E-state index contributed by atoms with van der Waals surface area (Å²) in [5, 5.41) is 11.9. The molecule has 2 aromatic rings. The van der Waals surface area contributed by atoms with Crippen molar-refractivity contribution in [2.75, 3.05) is 18.5 Å². The van der Waals surface area contributed by atoms with Crippen LogP contribution in [-0.4, -0.2) is 19.1 Å². The summed E-state index contributed by atoms with van der Waals surface area (Å²) in [6.45, 7) is 6.15. The molecule has 124 valence electrons. The van der Waals surface area contributed by atoms with Crippen LogP contribution in [0.25, 0.3) is 16.1 Å².